The van der Waals surface area contributed by atoms with Crippen molar-refractivity contribution in [1.29, 1.82) is 0 Å². The Balaban J connectivity index is 1.68. The summed E-state index contributed by atoms with van der Waals surface area (Å²) in [5, 5.41) is 20.5. The Morgan fingerprint density at radius 3 is 2.96 bits per heavy atom. The van der Waals surface area contributed by atoms with Crippen molar-refractivity contribution in [1.82, 2.24) is 20.3 Å². The lowest BCUT2D eigenvalue weighted by molar-refractivity contribution is -0.118. The molecule has 0 unspecified atom stereocenters. The molecule has 126 valence electrons. The van der Waals surface area contributed by atoms with Crippen LogP contribution in [0.1, 0.15) is 69.5 Å². The molecule has 1 amide bonds. The van der Waals surface area contributed by atoms with Gasteiger partial charge in [0.05, 0.1) is 24.9 Å². The number of hydrogen-bond acceptors (Lipinski definition) is 4. The van der Waals surface area contributed by atoms with Crippen LogP contribution in [0.5, 0.6) is 0 Å². The van der Waals surface area contributed by atoms with Crippen molar-refractivity contribution < 1.29 is 9.90 Å². The van der Waals surface area contributed by atoms with E-state index in [-0.39, 0.29) is 24.6 Å². The van der Waals surface area contributed by atoms with Gasteiger partial charge in [0, 0.05) is 5.57 Å². The smallest absolute Gasteiger partial charge is 0.247 e. The maximum absolute atomic E-state index is 12.6. The summed E-state index contributed by atoms with van der Waals surface area (Å²) in [6, 6.07) is 0.223. The van der Waals surface area contributed by atoms with Gasteiger partial charge in [0.2, 0.25) is 5.91 Å². The molecule has 2 N–H and O–H groups in total. The average molecular weight is 318 g/mol. The highest BCUT2D eigenvalue weighted by molar-refractivity contribution is 5.93. The minimum Gasteiger partial charge on any atom is -0.390 e. The number of allylic oxidation sites excluding steroid dienone is 1. The minimum absolute atomic E-state index is 0.0892. The van der Waals surface area contributed by atoms with E-state index in [0.717, 1.165) is 50.5 Å². The molecule has 0 spiro atoms. The highest BCUT2D eigenvalue weighted by Crippen LogP contribution is 2.29. The lowest BCUT2D eigenvalue weighted by Crippen LogP contribution is -2.43. The summed E-state index contributed by atoms with van der Waals surface area (Å²) in [7, 11) is 0. The molecule has 0 aliphatic heterocycles. The van der Waals surface area contributed by atoms with Gasteiger partial charge in [0.1, 0.15) is 5.69 Å². The molecule has 0 radical (unpaired) electrons. The van der Waals surface area contributed by atoms with Gasteiger partial charge in [-0.2, -0.15) is 0 Å². The van der Waals surface area contributed by atoms with E-state index in [1.165, 1.54) is 12.8 Å². The highest BCUT2D eigenvalue weighted by Gasteiger charge is 2.29. The molecule has 0 aromatic carbocycles. The third kappa shape index (κ3) is 3.99. The van der Waals surface area contributed by atoms with Gasteiger partial charge in [-0.25, -0.2) is 4.68 Å². The number of nitrogens with one attached hydrogen (secondary N) is 1. The second kappa shape index (κ2) is 7.73. The third-order valence-corrected chi connectivity index (χ3v) is 4.94. The molecule has 2 atom stereocenters. The summed E-state index contributed by atoms with van der Waals surface area (Å²) in [4.78, 5) is 12.6. The van der Waals surface area contributed by atoms with Crippen LogP contribution >= 0.6 is 0 Å². The first-order chi connectivity index (χ1) is 11.3. The number of hydrogen-bond donors (Lipinski definition) is 2. The van der Waals surface area contributed by atoms with E-state index in [1.54, 1.807) is 6.20 Å². The number of aliphatic hydroxyl groups is 1. The van der Waals surface area contributed by atoms with Gasteiger partial charge in [-0.1, -0.05) is 30.6 Å². The Hall–Kier alpha value is -1.69. The zero-order valence-corrected chi connectivity index (χ0v) is 13.6. The SMILES string of the molecule is O=C(N[C@H]1CCCC[C@H]1n1cc(CO)nn1)C1=CCCCCC1. The highest BCUT2D eigenvalue weighted by atomic mass is 16.3. The standard InChI is InChI=1S/C17H26N4O2/c22-12-14-11-21(20-19-14)16-10-6-5-9-15(16)18-17(23)13-7-3-1-2-4-8-13/h7,11,15-16,22H,1-6,8-10,12H2,(H,18,23)/t15-,16+/m0/s1. The van der Waals surface area contributed by atoms with Crippen molar-refractivity contribution in [2.24, 2.45) is 0 Å². The van der Waals surface area contributed by atoms with Gasteiger partial charge in [0.25, 0.3) is 0 Å². The number of aromatic nitrogens is 3. The Morgan fingerprint density at radius 2 is 2.13 bits per heavy atom. The largest absolute Gasteiger partial charge is 0.390 e. The number of amides is 1. The van der Waals surface area contributed by atoms with E-state index in [2.05, 4.69) is 21.7 Å². The van der Waals surface area contributed by atoms with Crippen molar-refractivity contribution in [3.8, 4) is 0 Å². The number of carbonyl (C=O) groups is 1. The molecule has 1 aromatic rings. The molecule has 3 rings (SSSR count). The molecule has 0 saturated heterocycles. The molecule has 6 nitrogen and oxygen atoms in total. The second-order valence-electron chi connectivity index (χ2n) is 6.61. The molecule has 2 aliphatic carbocycles. The van der Waals surface area contributed by atoms with E-state index >= 15 is 0 Å². The van der Waals surface area contributed by atoms with Crippen LogP contribution < -0.4 is 5.32 Å². The van der Waals surface area contributed by atoms with Crippen LogP contribution in [0.4, 0.5) is 0 Å². The summed E-state index contributed by atoms with van der Waals surface area (Å²) in [6.07, 6.45) is 13.5. The van der Waals surface area contributed by atoms with E-state index in [0.29, 0.717) is 5.69 Å². The molecular formula is C17H26N4O2. The lowest BCUT2D eigenvalue weighted by atomic mass is 9.90. The summed E-state index contributed by atoms with van der Waals surface area (Å²) >= 11 is 0. The van der Waals surface area contributed by atoms with E-state index in [1.807, 2.05) is 4.68 Å². The summed E-state index contributed by atoms with van der Waals surface area (Å²) in [5.41, 5.74) is 1.52. The van der Waals surface area contributed by atoms with Gasteiger partial charge >= 0.3 is 0 Å². The molecule has 23 heavy (non-hydrogen) atoms. The van der Waals surface area contributed by atoms with E-state index in [9.17, 15) is 4.79 Å². The molecule has 1 heterocycles. The lowest BCUT2D eigenvalue weighted by Gasteiger charge is -2.32. The van der Waals surface area contributed by atoms with Crippen LogP contribution in [0.2, 0.25) is 0 Å². The predicted molar refractivity (Wildman–Crippen MR) is 86.5 cm³/mol. The maximum Gasteiger partial charge on any atom is 0.247 e. The predicted octanol–water partition coefficient (Wildman–Crippen LogP) is 2.26. The topological polar surface area (TPSA) is 80.0 Å². The van der Waals surface area contributed by atoms with Crippen LogP contribution in [0.3, 0.4) is 0 Å². The first-order valence-corrected chi connectivity index (χ1v) is 8.79. The number of aliphatic hydroxyl groups excluding tert-OH is 1. The summed E-state index contributed by atoms with van der Waals surface area (Å²) in [6.45, 7) is -0.101. The van der Waals surface area contributed by atoms with Crippen molar-refractivity contribution in [2.45, 2.75) is 76.5 Å². The molecule has 2 aliphatic rings. The fourth-order valence-corrected chi connectivity index (χ4v) is 3.63. The molecular weight excluding hydrogens is 292 g/mol. The first-order valence-electron chi connectivity index (χ1n) is 8.79. The summed E-state index contributed by atoms with van der Waals surface area (Å²) < 4.78 is 1.82. The number of carbonyl (C=O) groups excluding carboxylic acids is 1. The molecule has 1 fully saturated rings. The van der Waals surface area contributed by atoms with Gasteiger partial charge in [-0.05, 0) is 38.5 Å². The minimum atomic E-state index is -0.101. The van der Waals surface area contributed by atoms with E-state index in [4.69, 9.17) is 5.11 Å². The quantitative estimate of drug-likeness (QED) is 0.892. The van der Waals surface area contributed by atoms with Crippen molar-refractivity contribution in [3.63, 3.8) is 0 Å². The monoisotopic (exact) mass is 318 g/mol. The molecule has 0 bridgehead atoms. The van der Waals surface area contributed by atoms with Crippen molar-refractivity contribution >= 4 is 5.91 Å². The Bertz CT molecular complexity index is 567. The normalized spacial score (nSPS) is 25.5. The van der Waals surface area contributed by atoms with Crippen LogP contribution in [0.15, 0.2) is 17.8 Å². The van der Waals surface area contributed by atoms with Crippen molar-refractivity contribution in [3.05, 3.63) is 23.5 Å². The van der Waals surface area contributed by atoms with Crippen LogP contribution in [0, 0.1) is 0 Å². The number of nitrogens with zero attached hydrogens (tertiary/aromatic N) is 3. The van der Waals surface area contributed by atoms with Crippen LogP contribution in [-0.4, -0.2) is 32.0 Å². The van der Waals surface area contributed by atoms with Gasteiger partial charge < -0.3 is 10.4 Å². The van der Waals surface area contributed by atoms with Gasteiger partial charge in [-0.15, -0.1) is 5.10 Å². The Morgan fingerprint density at radius 1 is 1.26 bits per heavy atom. The van der Waals surface area contributed by atoms with Gasteiger partial charge in [0.15, 0.2) is 0 Å². The van der Waals surface area contributed by atoms with Crippen LogP contribution in [-0.2, 0) is 11.4 Å². The fourth-order valence-electron chi connectivity index (χ4n) is 3.63. The first kappa shape index (κ1) is 16.2. The molecule has 1 aromatic heterocycles. The van der Waals surface area contributed by atoms with Gasteiger partial charge in [-0.3, -0.25) is 4.79 Å². The zero-order chi connectivity index (χ0) is 16.1. The second-order valence-corrected chi connectivity index (χ2v) is 6.61. The van der Waals surface area contributed by atoms with Crippen molar-refractivity contribution in [2.75, 3.05) is 0 Å². The molecule has 1 saturated carbocycles. The van der Waals surface area contributed by atoms with E-state index < -0.39 is 0 Å². The fraction of sp³-hybridized carbons (Fsp3) is 0.706. The average Bonchev–Trinajstić information content (AvgIpc) is 2.88. The third-order valence-electron chi connectivity index (χ3n) is 4.94. The summed E-state index contributed by atoms with van der Waals surface area (Å²) in [5.74, 6) is 0.0892. The zero-order valence-electron chi connectivity index (χ0n) is 13.6. The van der Waals surface area contributed by atoms with Crippen LogP contribution in [0.25, 0.3) is 0 Å². The Labute approximate surface area is 137 Å². The number of rotatable bonds is 4. The molecule has 6 heteroatoms. The maximum atomic E-state index is 12.6. The Kier molecular flexibility index (Phi) is 5.43.